The average molecular weight is 437 g/mol. The summed E-state index contributed by atoms with van der Waals surface area (Å²) in [5, 5.41) is 6.08. The molecule has 0 spiro atoms. The number of hydrogen-bond donors (Lipinski definition) is 2. The van der Waals surface area contributed by atoms with E-state index in [1.807, 2.05) is 60.7 Å². The first-order valence-corrected chi connectivity index (χ1v) is 10.8. The predicted octanol–water partition coefficient (Wildman–Crippen LogP) is 4.80. The molecule has 2 N–H and O–H groups in total. The lowest BCUT2D eigenvalue weighted by Crippen LogP contribution is -2.29. The zero-order valence-electron chi connectivity index (χ0n) is 17.4. The van der Waals surface area contributed by atoms with E-state index in [2.05, 4.69) is 10.6 Å². The second kappa shape index (κ2) is 10.5. The number of nitrogens with one attached hydrogen (secondary N) is 2. The quantitative estimate of drug-likeness (QED) is 0.497. The van der Waals surface area contributed by atoms with E-state index < -0.39 is 12.0 Å². The van der Waals surface area contributed by atoms with E-state index in [4.69, 9.17) is 4.74 Å². The van der Waals surface area contributed by atoms with Crippen molar-refractivity contribution < 1.29 is 19.1 Å². The van der Waals surface area contributed by atoms with Gasteiger partial charge in [0.1, 0.15) is 5.00 Å². The first kappa shape index (κ1) is 22.2. The minimum Gasteiger partial charge on any atom is -0.462 e. The van der Waals surface area contributed by atoms with Crippen LogP contribution in [0.25, 0.3) is 10.4 Å². The van der Waals surface area contributed by atoms with E-state index in [-0.39, 0.29) is 24.8 Å². The summed E-state index contributed by atoms with van der Waals surface area (Å²) < 4.78 is 5.16. The first-order valence-electron chi connectivity index (χ1n) is 9.96. The molecule has 0 aliphatic carbocycles. The Hall–Kier alpha value is -3.45. The fraction of sp³-hybridized carbons (Fsp3) is 0.208. The smallest absolute Gasteiger partial charge is 0.341 e. The SMILES string of the molecule is CCOC(=O)c1cc(-c2ccccc2)sc1NC(=O)CC(NC(C)=O)c1ccccc1. The Kier molecular flexibility index (Phi) is 7.56. The molecule has 160 valence electrons. The van der Waals surface area contributed by atoms with Gasteiger partial charge in [0.05, 0.1) is 24.6 Å². The molecular weight excluding hydrogens is 412 g/mol. The first-order chi connectivity index (χ1) is 15.0. The topological polar surface area (TPSA) is 84.5 Å². The number of thiophene rings is 1. The summed E-state index contributed by atoms with van der Waals surface area (Å²) in [6.07, 6.45) is 0.0322. The molecule has 0 fully saturated rings. The van der Waals surface area contributed by atoms with Gasteiger partial charge < -0.3 is 15.4 Å². The van der Waals surface area contributed by atoms with E-state index in [1.54, 1.807) is 13.0 Å². The molecule has 31 heavy (non-hydrogen) atoms. The van der Waals surface area contributed by atoms with Crippen molar-refractivity contribution in [1.29, 1.82) is 0 Å². The number of carbonyl (C=O) groups excluding carboxylic acids is 3. The van der Waals surface area contributed by atoms with E-state index in [0.29, 0.717) is 10.6 Å². The van der Waals surface area contributed by atoms with Crippen LogP contribution in [0, 0.1) is 0 Å². The number of hydrogen-bond acceptors (Lipinski definition) is 5. The molecule has 0 radical (unpaired) electrons. The van der Waals surface area contributed by atoms with Crippen LogP contribution in [0.3, 0.4) is 0 Å². The number of anilines is 1. The van der Waals surface area contributed by atoms with Gasteiger partial charge in [-0.25, -0.2) is 4.79 Å². The average Bonchev–Trinajstić information content (AvgIpc) is 3.18. The third-order valence-electron chi connectivity index (χ3n) is 4.51. The number of esters is 1. The molecule has 1 heterocycles. The van der Waals surface area contributed by atoms with Crippen molar-refractivity contribution in [1.82, 2.24) is 5.32 Å². The molecule has 2 aromatic carbocycles. The lowest BCUT2D eigenvalue weighted by Gasteiger charge is -2.18. The van der Waals surface area contributed by atoms with Gasteiger partial charge in [0.25, 0.3) is 0 Å². The molecule has 2 amide bonds. The maximum atomic E-state index is 12.8. The molecule has 1 unspecified atom stereocenters. The van der Waals surface area contributed by atoms with Crippen molar-refractivity contribution in [3.05, 3.63) is 77.9 Å². The fourth-order valence-corrected chi connectivity index (χ4v) is 4.20. The molecular formula is C24H24N2O4S. The monoisotopic (exact) mass is 436 g/mol. The van der Waals surface area contributed by atoms with Gasteiger partial charge in [0.15, 0.2) is 0 Å². The van der Waals surface area contributed by atoms with Gasteiger partial charge in [-0.15, -0.1) is 11.3 Å². The van der Waals surface area contributed by atoms with Crippen molar-refractivity contribution in [2.45, 2.75) is 26.3 Å². The van der Waals surface area contributed by atoms with Crippen molar-refractivity contribution in [2.24, 2.45) is 0 Å². The Balaban J connectivity index is 1.84. The summed E-state index contributed by atoms with van der Waals surface area (Å²) in [6, 6.07) is 20.2. The zero-order chi connectivity index (χ0) is 22.2. The minimum atomic E-state index is -0.488. The van der Waals surface area contributed by atoms with Crippen LogP contribution in [0.15, 0.2) is 66.7 Å². The Labute approximate surface area is 185 Å². The Bertz CT molecular complexity index is 1050. The number of rotatable bonds is 8. The maximum absolute atomic E-state index is 12.8. The highest BCUT2D eigenvalue weighted by Gasteiger charge is 2.22. The molecule has 6 nitrogen and oxygen atoms in total. The third-order valence-corrected chi connectivity index (χ3v) is 5.61. The molecule has 0 saturated heterocycles. The Morgan fingerprint density at radius 1 is 1.00 bits per heavy atom. The van der Waals surface area contributed by atoms with Crippen LogP contribution in [-0.2, 0) is 14.3 Å². The van der Waals surface area contributed by atoms with E-state index >= 15 is 0 Å². The second-order valence-electron chi connectivity index (χ2n) is 6.86. The van der Waals surface area contributed by atoms with E-state index in [0.717, 1.165) is 16.0 Å². The third kappa shape index (κ3) is 6.02. The highest BCUT2D eigenvalue weighted by molar-refractivity contribution is 7.20. The summed E-state index contributed by atoms with van der Waals surface area (Å²) in [7, 11) is 0. The molecule has 3 rings (SSSR count). The van der Waals surface area contributed by atoms with Gasteiger partial charge in [-0.1, -0.05) is 60.7 Å². The van der Waals surface area contributed by atoms with Crippen molar-refractivity contribution >= 4 is 34.1 Å². The van der Waals surface area contributed by atoms with Crippen LogP contribution in [0.5, 0.6) is 0 Å². The second-order valence-corrected chi connectivity index (χ2v) is 7.91. The normalized spacial score (nSPS) is 11.4. The van der Waals surface area contributed by atoms with E-state index in [1.165, 1.54) is 18.3 Å². The number of ether oxygens (including phenoxy) is 1. The molecule has 1 atom stereocenters. The van der Waals surface area contributed by atoms with Crippen LogP contribution < -0.4 is 10.6 Å². The Morgan fingerprint density at radius 2 is 1.65 bits per heavy atom. The zero-order valence-corrected chi connectivity index (χ0v) is 18.2. The summed E-state index contributed by atoms with van der Waals surface area (Å²) in [5.41, 5.74) is 2.09. The highest BCUT2D eigenvalue weighted by Crippen LogP contribution is 2.36. The van der Waals surface area contributed by atoms with Crippen molar-refractivity contribution in [3.63, 3.8) is 0 Å². The van der Waals surface area contributed by atoms with Gasteiger partial charge in [-0.2, -0.15) is 0 Å². The summed E-state index contributed by atoms with van der Waals surface area (Å²) >= 11 is 1.31. The van der Waals surface area contributed by atoms with Crippen molar-refractivity contribution in [2.75, 3.05) is 11.9 Å². The minimum absolute atomic E-state index is 0.0322. The van der Waals surface area contributed by atoms with Gasteiger partial charge >= 0.3 is 5.97 Å². The summed E-state index contributed by atoms with van der Waals surface area (Å²) in [6.45, 7) is 3.39. The van der Waals surface area contributed by atoms with Gasteiger partial charge in [-0.05, 0) is 24.1 Å². The number of carbonyl (C=O) groups is 3. The highest BCUT2D eigenvalue weighted by atomic mass is 32.1. The van der Waals surface area contributed by atoms with Crippen molar-refractivity contribution in [3.8, 4) is 10.4 Å². The predicted molar refractivity (Wildman–Crippen MR) is 122 cm³/mol. The van der Waals surface area contributed by atoms with Gasteiger partial charge in [0, 0.05) is 11.8 Å². The number of amides is 2. The maximum Gasteiger partial charge on any atom is 0.341 e. The van der Waals surface area contributed by atoms with Gasteiger partial charge in [0.2, 0.25) is 11.8 Å². The Morgan fingerprint density at radius 3 is 2.26 bits per heavy atom. The fourth-order valence-electron chi connectivity index (χ4n) is 3.14. The molecule has 0 aliphatic rings. The summed E-state index contributed by atoms with van der Waals surface area (Å²) in [5.74, 6) is -1.02. The molecule has 7 heteroatoms. The molecule has 3 aromatic rings. The van der Waals surface area contributed by atoms with Crippen LogP contribution >= 0.6 is 11.3 Å². The van der Waals surface area contributed by atoms with Crippen LogP contribution in [-0.4, -0.2) is 24.4 Å². The summed E-state index contributed by atoms with van der Waals surface area (Å²) in [4.78, 5) is 37.8. The molecule has 1 aromatic heterocycles. The molecule has 0 aliphatic heterocycles. The number of benzene rings is 2. The lowest BCUT2D eigenvalue weighted by molar-refractivity contribution is -0.120. The standard InChI is InChI=1S/C24H24N2O4S/c1-3-30-24(29)19-14-21(18-12-8-5-9-13-18)31-23(19)26-22(28)15-20(25-16(2)27)17-10-6-4-7-11-17/h4-14,20H,3,15H2,1-2H3,(H,25,27)(H,26,28). The van der Waals surface area contributed by atoms with E-state index in [9.17, 15) is 14.4 Å². The van der Waals surface area contributed by atoms with Crippen LogP contribution in [0.2, 0.25) is 0 Å². The molecule has 0 saturated carbocycles. The molecule has 0 bridgehead atoms. The van der Waals surface area contributed by atoms with Crippen LogP contribution in [0.1, 0.15) is 42.2 Å². The lowest BCUT2D eigenvalue weighted by atomic mass is 10.0. The largest absolute Gasteiger partial charge is 0.462 e. The van der Waals surface area contributed by atoms with Gasteiger partial charge in [-0.3, -0.25) is 9.59 Å². The van der Waals surface area contributed by atoms with Crippen LogP contribution in [0.4, 0.5) is 5.00 Å².